The molecule has 0 fully saturated rings. The van der Waals surface area contributed by atoms with Crippen molar-refractivity contribution in [3.8, 4) is 0 Å². The molecule has 0 saturated heterocycles. The summed E-state index contributed by atoms with van der Waals surface area (Å²) in [4.78, 5) is 37.5. The molecule has 0 unspecified atom stereocenters. The quantitative estimate of drug-likeness (QED) is 0.0364. The van der Waals surface area contributed by atoms with Crippen molar-refractivity contribution in [1.29, 1.82) is 0 Å². The van der Waals surface area contributed by atoms with Gasteiger partial charge in [0, 0.05) is 19.3 Å². The maximum Gasteiger partial charge on any atom is 0.306 e. The molecule has 0 radical (unpaired) electrons. The predicted molar refractivity (Wildman–Crippen MR) is 206 cm³/mol. The van der Waals surface area contributed by atoms with E-state index in [4.69, 9.17) is 14.2 Å². The van der Waals surface area contributed by atoms with Crippen molar-refractivity contribution in [2.24, 2.45) is 5.92 Å². The molecule has 0 N–H and O–H groups in total. The number of ether oxygens (including phenoxy) is 3. The summed E-state index contributed by atoms with van der Waals surface area (Å²) in [6.45, 7) is 8.90. The summed E-state index contributed by atoms with van der Waals surface area (Å²) < 4.78 is 16.6. The molecule has 0 spiro atoms. The molecule has 0 aliphatic carbocycles. The van der Waals surface area contributed by atoms with Crippen LogP contribution in [-0.4, -0.2) is 37.2 Å². The van der Waals surface area contributed by atoms with E-state index < -0.39 is 6.10 Å². The summed E-state index contributed by atoms with van der Waals surface area (Å²) in [5.74, 6) is -0.105. The fourth-order valence-electron chi connectivity index (χ4n) is 6.27. The molecular formula is C43H82O6. The van der Waals surface area contributed by atoms with E-state index in [0.29, 0.717) is 19.3 Å². The van der Waals surface area contributed by atoms with Gasteiger partial charge in [0.1, 0.15) is 13.2 Å². The van der Waals surface area contributed by atoms with Gasteiger partial charge in [0.25, 0.3) is 0 Å². The summed E-state index contributed by atoms with van der Waals surface area (Å²) in [5.41, 5.74) is 0. The summed E-state index contributed by atoms with van der Waals surface area (Å²) in [6.07, 6.45) is 35.2. The molecule has 290 valence electrons. The van der Waals surface area contributed by atoms with Gasteiger partial charge in [-0.3, -0.25) is 14.4 Å². The smallest absolute Gasteiger partial charge is 0.306 e. The molecule has 0 saturated carbocycles. The lowest BCUT2D eigenvalue weighted by atomic mass is 10.0. The van der Waals surface area contributed by atoms with Gasteiger partial charge in [0.2, 0.25) is 0 Å². The van der Waals surface area contributed by atoms with Gasteiger partial charge in [0.15, 0.2) is 6.10 Å². The van der Waals surface area contributed by atoms with Crippen molar-refractivity contribution in [1.82, 2.24) is 0 Å². The van der Waals surface area contributed by atoms with Crippen LogP contribution in [0.25, 0.3) is 0 Å². The van der Waals surface area contributed by atoms with Crippen LogP contribution in [0.5, 0.6) is 0 Å². The van der Waals surface area contributed by atoms with Crippen LogP contribution in [-0.2, 0) is 28.6 Å². The highest BCUT2D eigenvalue weighted by Crippen LogP contribution is 2.15. The van der Waals surface area contributed by atoms with Gasteiger partial charge < -0.3 is 14.2 Å². The Morgan fingerprint density at radius 1 is 0.388 bits per heavy atom. The van der Waals surface area contributed by atoms with Crippen LogP contribution in [0.15, 0.2) is 0 Å². The number of rotatable bonds is 38. The Hall–Kier alpha value is -1.59. The Balaban J connectivity index is 4.32. The van der Waals surface area contributed by atoms with Crippen molar-refractivity contribution in [3.05, 3.63) is 0 Å². The average Bonchev–Trinajstić information content (AvgIpc) is 3.08. The molecule has 0 aliphatic heterocycles. The number of carbonyl (C=O) groups is 3. The fourth-order valence-corrected chi connectivity index (χ4v) is 6.27. The highest BCUT2D eigenvalue weighted by molar-refractivity contribution is 5.71. The minimum Gasteiger partial charge on any atom is -0.462 e. The van der Waals surface area contributed by atoms with Crippen molar-refractivity contribution < 1.29 is 28.6 Å². The third-order valence-electron chi connectivity index (χ3n) is 9.54. The van der Waals surface area contributed by atoms with Crippen molar-refractivity contribution in [2.45, 2.75) is 239 Å². The van der Waals surface area contributed by atoms with Crippen molar-refractivity contribution >= 4 is 17.9 Å². The molecule has 0 aliphatic rings. The first-order chi connectivity index (χ1) is 23.9. The van der Waals surface area contributed by atoms with E-state index in [2.05, 4.69) is 27.7 Å². The monoisotopic (exact) mass is 695 g/mol. The average molecular weight is 695 g/mol. The van der Waals surface area contributed by atoms with Crippen LogP contribution >= 0.6 is 0 Å². The van der Waals surface area contributed by atoms with Crippen molar-refractivity contribution in [3.63, 3.8) is 0 Å². The maximum absolute atomic E-state index is 12.6. The summed E-state index contributed by atoms with van der Waals surface area (Å²) >= 11 is 0. The van der Waals surface area contributed by atoms with Crippen LogP contribution < -0.4 is 0 Å². The number of unbranched alkanes of at least 4 members (excludes halogenated alkanes) is 25. The first-order valence-corrected chi connectivity index (χ1v) is 21.4. The van der Waals surface area contributed by atoms with E-state index in [1.54, 1.807) is 0 Å². The van der Waals surface area contributed by atoms with Crippen LogP contribution in [0.3, 0.4) is 0 Å². The topological polar surface area (TPSA) is 78.9 Å². The van der Waals surface area contributed by atoms with Gasteiger partial charge in [-0.25, -0.2) is 0 Å². The second-order valence-corrected chi connectivity index (χ2v) is 15.1. The van der Waals surface area contributed by atoms with Gasteiger partial charge in [-0.05, 0) is 25.2 Å². The van der Waals surface area contributed by atoms with Gasteiger partial charge >= 0.3 is 17.9 Å². The fraction of sp³-hybridized carbons (Fsp3) is 0.930. The molecule has 0 heterocycles. The molecule has 0 aromatic rings. The first kappa shape index (κ1) is 47.4. The Labute approximate surface area is 304 Å². The number of hydrogen-bond acceptors (Lipinski definition) is 6. The van der Waals surface area contributed by atoms with E-state index in [1.165, 1.54) is 128 Å². The predicted octanol–water partition coefficient (Wildman–Crippen LogP) is 13.2. The Morgan fingerprint density at radius 3 is 1.00 bits per heavy atom. The SMILES string of the molecule is CCCCCCCCCCCCCCC(=O)OC[C@H](COC(=O)CCCCCCCCCCCC)OC(=O)CCCCCCCCC(C)C. The van der Waals surface area contributed by atoms with Gasteiger partial charge in [-0.2, -0.15) is 0 Å². The summed E-state index contributed by atoms with van der Waals surface area (Å²) in [6, 6.07) is 0. The van der Waals surface area contributed by atoms with E-state index in [9.17, 15) is 14.4 Å². The Kier molecular flexibility index (Phi) is 36.4. The second kappa shape index (κ2) is 37.7. The molecule has 0 amide bonds. The Bertz CT molecular complexity index is 736. The van der Waals surface area contributed by atoms with E-state index in [-0.39, 0.29) is 31.1 Å². The zero-order valence-corrected chi connectivity index (χ0v) is 33.1. The van der Waals surface area contributed by atoms with E-state index in [0.717, 1.165) is 63.7 Å². The van der Waals surface area contributed by atoms with Gasteiger partial charge in [-0.1, -0.05) is 195 Å². The number of hydrogen-bond donors (Lipinski definition) is 0. The number of carbonyl (C=O) groups excluding carboxylic acids is 3. The maximum atomic E-state index is 12.6. The van der Waals surface area contributed by atoms with Crippen LogP contribution in [0.4, 0.5) is 0 Å². The molecule has 0 aromatic heterocycles. The van der Waals surface area contributed by atoms with Crippen LogP contribution in [0.1, 0.15) is 233 Å². The molecular weight excluding hydrogens is 612 g/mol. The minimum absolute atomic E-state index is 0.0653. The molecule has 49 heavy (non-hydrogen) atoms. The first-order valence-electron chi connectivity index (χ1n) is 21.4. The summed E-state index contributed by atoms with van der Waals surface area (Å²) in [5, 5.41) is 0. The highest BCUT2D eigenvalue weighted by Gasteiger charge is 2.19. The molecule has 0 bridgehead atoms. The largest absolute Gasteiger partial charge is 0.462 e. The zero-order valence-electron chi connectivity index (χ0n) is 33.1. The van der Waals surface area contributed by atoms with Gasteiger partial charge in [0.05, 0.1) is 0 Å². The highest BCUT2D eigenvalue weighted by atomic mass is 16.6. The summed E-state index contributed by atoms with van der Waals surface area (Å²) in [7, 11) is 0. The third-order valence-corrected chi connectivity index (χ3v) is 9.54. The molecule has 0 aromatic carbocycles. The Morgan fingerprint density at radius 2 is 0.673 bits per heavy atom. The molecule has 1 atom stereocenters. The van der Waals surface area contributed by atoms with Crippen LogP contribution in [0.2, 0.25) is 0 Å². The van der Waals surface area contributed by atoms with Gasteiger partial charge in [-0.15, -0.1) is 0 Å². The number of esters is 3. The zero-order chi connectivity index (χ0) is 36.0. The molecule has 0 rings (SSSR count). The lowest BCUT2D eigenvalue weighted by molar-refractivity contribution is -0.167. The van der Waals surface area contributed by atoms with Crippen LogP contribution in [0, 0.1) is 5.92 Å². The lowest BCUT2D eigenvalue weighted by Gasteiger charge is -2.18. The third kappa shape index (κ3) is 37.5. The normalized spacial score (nSPS) is 11.9. The minimum atomic E-state index is -0.758. The van der Waals surface area contributed by atoms with E-state index >= 15 is 0 Å². The van der Waals surface area contributed by atoms with Crippen molar-refractivity contribution in [2.75, 3.05) is 13.2 Å². The molecule has 6 nitrogen and oxygen atoms in total. The second-order valence-electron chi connectivity index (χ2n) is 15.1. The standard InChI is InChI=1S/C43H82O6/c1-5-7-9-11-13-15-17-18-20-22-27-31-35-42(45)48-38-40(49-43(46)36-32-28-24-23-25-29-33-39(3)4)37-47-41(44)34-30-26-21-19-16-14-12-10-8-6-2/h39-40H,5-38H2,1-4H3/t40-/m0/s1. The van der Waals surface area contributed by atoms with E-state index in [1.807, 2.05) is 0 Å². The molecule has 6 heteroatoms. The lowest BCUT2D eigenvalue weighted by Crippen LogP contribution is -2.30.